The number of hydrogen-bond acceptors (Lipinski definition) is 4. The van der Waals surface area contributed by atoms with Crippen molar-refractivity contribution < 1.29 is 0 Å². The first-order valence-corrected chi connectivity index (χ1v) is 7.02. The molecule has 2 aromatic rings. The summed E-state index contributed by atoms with van der Waals surface area (Å²) < 4.78 is 1.97. The second-order valence-corrected chi connectivity index (χ2v) is 5.81. The van der Waals surface area contributed by atoms with E-state index >= 15 is 0 Å². The van der Waals surface area contributed by atoms with E-state index in [1.54, 1.807) is 11.3 Å². The van der Waals surface area contributed by atoms with Gasteiger partial charge in [0.15, 0.2) is 0 Å². The van der Waals surface area contributed by atoms with E-state index < -0.39 is 0 Å². The Balaban J connectivity index is 2.26. The summed E-state index contributed by atoms with van der Waals surface area (Å²) in [6.45, 7) is 7.35. The van der Waals surface area contributed by atoms with Gasteiger partial charge in [0.25, 0.3) is 0 Å². The molecule has 0 aromatic carbocycles. The summed E-state index contributed by atoms with van der Waals surface area (Å²) in [5, 5.41) is 4.36. The van der Waals surface area contributed by atoms with E-state index in [1.165, 1.54) is 15.3 Å². The molecule has 98 valence electrons. The average Bonchev–Trinajstić information content (AvgIpc) is 2.90. The second-order valence-electron chi connectivity index (χ2n) is 4.52. The fraction of sp³-hybridized carbons (Fsp3) is 0.462. The standard InChI is InChI=1S/C13H20N4S/c1-4-5-17-8-11(7-15-17)13(16-14)12-6-9(2)10(3)18-12/h6-8,13,16H,4-5,14H2,1-3H3. The molecule has 0 bridgehead atoms. The van der Waals surface area contributed by atoms with E-state index in [0.29, 0.717) is 0 Å². The van der Waals surface area contributed by atoms with Gasteiger partial charge in [-0.05, 0) is 31.9 Å². The van der Waals surface area contributed by atoms with Crippen LogP contribution in [0.4, 0.5) is 0 Å². The Labute approximate surface area is 112 Å². The average molecular weight is 264 g/mol. The van der Waals surface area contributed by atoms with E-state index in [1.807, 2.05) is 10.9 Å². The van der Waals surface area contributed by atoms with Crippen LogP contribution < -0.4 is 11.3 Å². The maximum absolute atomic E-state index is 5.70. The predicted molar refractivity (Wildman–Crippen MR) is 75.5 cm³/mol. The third-order valence-electron chi connectivity index (χ3n) is 3.08. The van der Waals surface area contributed by atoms with Crippen LogP contribution in [0.5, 0.6) is 0 Å². The van der Waals surface area contributed by atoms with E-state index in [2.05, 4.69) is 43.6 Å². The zero-order valence-corrected chi connectivity index (χ0v) is 11.9. The zero-order chi connectivity index (χ0) is 13.1. The van der Waals surface area contributed by atoms with Crippen molar-refractivity contribution in [2.24, 2.45) is 5.84 Å². The second kappa shape index (κ2) is 5.65. The predicted octanol–water partition coefficient (Wildman–Crippen LogP) is 2.52. The first-order valence-electron chi connectivity index (χ1n) is 6.21. The highest BCUT2D eigenvalue weighted by atomic mass is 32.1. The molecule has 0 aliphatic carbocycles. The number of nitrogens with two attached hydrogens (primary N) is 1. The minimum absolute atomic E-state index is 0.0352. The van der Waals surface area contributed by atoms with Crippen molar-refractivity contribution in [2.75, 3.05) is 0 Å². The number of nitrogens with zero attached hydrogens (tertiary/aromatic N) is 2. The molecular weight excluding hydrogens is 244 g/mol. The Morgan fingerprint density at radius 2 is 2.28 bits per heavy atom. The number of thiophene rings is 1. The zero-order valence-electron chi connectivity index (χ0n) is 11.1. The third-order valence-corrected chi connectivity index (χ3v) is 4.29. The van der Waals surface area contributed by atoms with Gasteiger partial charge in [0.05, 0.1) is 12.2 Å². The Bertz CT molecular complexity index is 495. The van der Waals surface area contributed by atoms with Gasteiger partial charge in [-0.2, -0.15) is 5.10 Å². The van der Waals surface area contributed by atoms with Crippen LogP contribution >= 0.6 is 11.3 Å². The Morgan fingerprint density at radius 3 is 2.83 bits per heavy atom. The Morgan fingerprint density at radius 1 is 1.50 bits per heavy atom. The van der Waals surface area contributed by atoms with Gasteiger partial charge in [0.1, 0.15) is 0 Å². The summed E-state index contributed by atoms with van der Waals surface area (Å²) in [4.78, 5) is 2.58. The van der Waals surface area contributed by atoms with Crippen LogP contribution in [0.2, 0.25) is 0 Å². The molecule has 0 saturated carbocycles. The summed E-state index contributed by atoms with van der Waals surface area (Å²) in [6.07, 6.45) is 5.04. The van der Waals surface area contributed by atoms with Crippen LogP contribution in [0.15, 0.2) is 18.5 Å². The first-order chi connectivity index (χ1) is 8.65. The van der Waals surface area contributed by atoms with Crippen molar-refractivity contribution >= 4 is 11.3 Å². The third kappa shape index (κ3) is 2.63. The fourth-order valence-electron chi connectivity index (χ4n) is 1.97. The fourth-order valence-corrected chi connectivity index (χ4v) is 3.10. The summed E-state index contributed by atoms with van der Waals surface area (Å²) >= 11 is 1.78. The maximum atomic E-state index is 5.70. The molecule has 2 heterocycles. The lowest BCUT2D eigenvalue weighted by molar-refractivity contribution is 0.598. The highest BCUT2D eigenvalue weighted by Gasteiger charge is 2.17. The Kier molecular flexibility index (Phi) is 4.16. The molecule has 3 N–H and O–H groups in total. The lowest BCUT2D eigenvalue weighted by Gasteiger charge is -2.11. The minimum atomic E-state index is 0.0352. The molecule has 18 heavy (non-hydrogen) atoms. The van der Waals surface area contributed by atoms with Gasteiger partial charge < -0.3 is 0 Å². The highest BCUT2D eigenvalue weighted by Crippen LogP contribution is 2.30. The molecule has 0 saturated heterocycles. The molecule has 2 rings (SSSR count). The van der Waals surface area contributed by atoms with Gasteiger partial charge in [-0.3, -0.25) is 10.5 Å². The van der Waals surface area contributed by atoms with Crippen molar-refractivity contribution in [3.05, 3.63) is 39.3 Å². The van der Waals surface area contributed by atoms with Crippen LogP contribution in [0.1, 0.15) is 40.3 Å². The lowest BCUT2D eigenvalue weighted by atomic mass is 10.1. The Hall–Kier alpha value is -1.17. The van der Waals surface area contributed by atoms with Crippen molar-refractivity contribution in [1.29, 1.82) is 0 Å². The summed E-state index contributed by atoms with van der Waals surface area (Å²) in [7, 11) is 0. The van der Waals surface area contributed by atoms with E-state index in [4.69, 9.17) is 5.84 Å². The lowest BCUT2D eigenvalue weighted by Crippen LogP contribution is -2.27. The van der Waals surface area contributed by atoms with Crippen molar-refractivity contribution in [1.82, 2.24) is 15.2 Å². The number of hydrogen-bond donors (Lipinski definition) is 2. The number of aromatic nitrogens is 2. The normalized spacial score (nSPS) is 12.9. The van der Waals surface area contributed by atoms with Crippen LogP contribution in [-0.2, 0) is 6.54 Å². The number of nitrogens with one attached hydrogen (secondary N) is 1. The summed E-state index contributed by atoms with van der Waals surface area (Å²) in [5.74, 6) is 5.70. The van der Waals surface area contributed by atoms with Crippen molar-refractivity contribution in [3.8, 4) is 0 Å². The molecule has 0 aliphatic heterocycles. The molecule has 2 aromatic heterocycles. The van der Waals surface area contributed by atoms with Crippen LogP contribution in [0.3, 0.4) is 0 Å². The smallest absolute Gasteiger partial charge is 0.0833 e. The topological polar surface area (TPSA) is 55.9 Å². The number of rotatable bonds is 5. The number of aryl methyl sites for hydroxylation is 3. The quantitative estimate of drug-likeness (QED) is 0.644. The minimum Gasteiger partial charge on any atom is -0.272 e. The molecule has 1 unspecified atom stereocenters. The maximum Gasteiger partial charge on any atom is 0.0833 e. The molecular formula is C13H20N4S. The summed E-state index contributed by atoms with van der Waals surface area (Å²) in [5.41, 5.74) is 5.32. The van der Waals surface area contributed by atoms with Gasteiger partial charge in [0, 0.05) is 28.1 Å². The summed E-state index contributed by atoms with van der Waals surface area (Å²) in [6, 6.07) is 2.23. The van der Waals surface area contributed by atoms with Crippen molar-refractivity contribution in [3.63, 3.8) is 0 Å². The largest absolute Gasteiger partial charge is 0.272 e. The van der Waals surface area contributed by atoms with E-state index in [-0.39, 0.29) is 6.04 Å². The molecule has 0 fully saturated rings. The molecule has 0 radical (unpaired) electrons. The molecule has 5 heteroatoms. The number of hydrazine groups is 1. The van der Waals surface area contributed by atoms with Gasteiger partial charge >= 0.3 is 0 Å². The van der Waals surface area contributed by atoms with Crippen LogP contribution in [0, 0.1) is 13.8 Å². The van der Waals surface area contributed by atoms with Gasteiger partial charge in [-0.15, -0.1) is 11.3 Å². The van der Waals surface area contributed by atoms with E-state index in [0.717, 1.165) is 18.5 Å². The molecule has 4 nitrogen and oxygen atoms in total. The van der Waals surface area contributed by atoms with Crippen LogP contribution in [0.25, 0.3) is 0 Å². The van der Waals surface area contributed by atoms with Crippen LogP contribution in [-0.4, -0.2) is 9.78 Å². The highest BCUT2D eigenvalue weighted by molar-refractivity contribution is 7.12. The molecule has 0 spiro atoms. The van der Waals surface area contributed by atoms with Gasteiger partial charge in [-0.1, -0.05) is 6.92 Å². The molecule has 1 atom stereocenters. The van der Waals surface area contributed by atoms with Gasteiger partial charge in [-0.25, -0.2) is 5.43 Å². The van der Waals surface area contributed by atoms with E-state index in [9.17, 15) is 0 Å². The van der Waals surface area contributed by atoms with Gasteiger partial charge in [0.2, 0.25) is 0 Å². The molecule has 0 amide bonds. The monoisotopic (exact) mass is 264 g/mol. The first kappa shape index (κ1) is 13.3. The van der Waals surface area contributed by atoms with Crippen molar-refractivity contribution in [2.45, 2.75) is 39.8 Å². The molecule has 0 aliphatic rings. The SMILES string of the molecule is CCCn1cc(C(NN)c2cc(C)c(C)s2)cn1.